The lowest BCUT2D eigenvalue weighted by Gasteiger charge is -2.32. The van der Waals surface area contributed by atoms with E-state index in [9.17, 15) is 0 Å². The third kappa shape index (κ3) is 4.93. The number of aryl methyl sites for hydroxylation is 2. The van der Waals surface area contributed by atoms with E-state index in [1.54, 1.807) is 0 Å². The molecule has 1 aliphatic rings. The fourth-order valence-corrected chi connectivity index (χ4v) is 3.77. The van der Waals surface area contributed by atoms with E-state index in [1.165, 1.54) is 22.4 Å². The van der Waals surface area contributed by atoms with E-state index >= 15 is 0 Å². The summed E-state index contributed by atoms with van der Waals surface area (Å²) in [6, 6.07) is 6.54. The van der Waals surface area contributed by atoms with Gasteiger partial charge in [0.2, 0.25) is 0 Å². The van der Waals surface area contributed by atoms with Crippen LogP contribution in [0.2, 0.25) is 0 Å². The van der Waals surface area contributed by atoms with E-state index in [1.807, 2.05) is 23.1 Å². The predicted octanol–water partition coefficient (Wildman–Crippen LogP) is 3.03. The Kier molecular flexibility index (Phi) is 6.46. The Morgan fingerprint density at radius 2 is 1.96 bits per heavy atom. The van der Waals surface area contributed by atoms with Crippen LogP contribution >= 0.6 is 0 Å². The maximum atomic E-state index is 6.03. The van der Waals surface area contributed by atoms with E-state index in [2.05, 4.69) is 55.0 Å². The standard InChI is InChI=1S/C21H32N4O/c1-17-14-18(2)21(25-9-5-8-22-25)19(15-17)16-24-10-6-20(7-11-24)26-13-12-23(3)4/h5,8-9,14-15,20H,6-7,10-13,16H2,1-4H3. The highest BCUT2D eigenvalue weighted by atomic mass is 16.5. The summed E-state index contributed by atoms with van der Waals surface area (Å²) in [7, 11) is 4.18. The van der Waals surface area contributed by atoms with Crippen LogP contribution in [0.1, 0.15) is 29.5 Å². The lowest BCUT2D eigenvalue weighted by molar-refractivity contribution is 0.000771. The number of hydrogen-bond donors (Lipinski definition) is 0. The van der Waals surface area contributed by atoms with Gasteiger partial charge in [0.25, 0.3) is 0 Å². The monoisotopic (exact) mass is 356 g/mol. The van der Waals surface area contributed by atoms with Crippen molar-refractivity contribution in [3.05, 3.63) is 47.3 Å². The number of nitrogens with zero attached hydrogens (tertiary/aromatic N) is 4. The molecule has 0 amide bonds. The fourth-order valence-electron chi connectivity index (χ4n) is 3.77. The molecule has 1 aliphatic heterocycles. The molecular weight excluding hydrogens is 324 g/mol. The lowest BCUT2D eigenvalue weighted by atomic mass is 10.0. The van der Waals surface area contributed by atoms with Crippen LogP contribution < -0.4 is 0 Å². The number of likely N-dealkylation sites (tertiary alicyclic amines) is 1. The predicted molar refractivity (Wildman–Crippen MR) is 106 cm³/mol. The number of aromatic nitrogens is 2. The summed E-state index contributed by atoms with van der Waals surface area (Å²) in [4.78, 5) is 4.72. The van der Waals surface area contributed by atoms with Crippen molar-refractivity contribution in [3.63, 3.8) is 0 Å². The molecule has 1 saturated heterocycles. The minimum absolute atomic E-state index is 0.413. The van der Waals surface area contributed by atoms with Gasteiger partial charge in [0.05, 0.1) is 18.4 Å². The number of piperidine rings is 1. The Morgan fingerprint density at radius 1 is 1.19 bits per heavy atom. The SMILES string of the molecule is Cc1cc(C)c(-n2cccn2)c(CN2CCC(OCCN(C)C)CC2)c1. The molecule has 1 fully saturated rings. The number of ether oxygens (including phenoxy) is 1. The topological polar surface area (TPSA) is 33.5 Å². The van der Waals surface area contributed by atoms with Gasteiger partial charge in [-0.25, -0.2) is 4.68 Å². The first kappa shape index (κ1) is 19.1. The third-order valence-corrected chi connectivity index (χ3v) is 5.08. The molecule has 3 rings (SSSR count). The second-order valence-electron chi connectivity index (χ2n) is 7.69. The van der Waals surface area contributed by atoms with Gasteiger partial charge in [-0.2, -0.15) is 5.10 Å². The van der Waals surface area contributed by atoms with E-state index in [0.717, 1.165) is 45.6 Å². The minimum atomic E-state index is 0.413. The van der Waals surface area contributed by atoms with Crippen molar-refractivity contribution in [2.45, 2.75) is 39.3 Å². The molecule has 1 aromatic heterocycles. The molecule has 142 valence electrons. The second-order valence-corrected chi connectivity index (χ2v) is 7.69. The number of likely N-dealkylation sites (N-methyl/N-ethyl adjacent to an activating group) is 1. The van der Waals surface area contributed by atoms with E-state index in [0.29, 0.717) is 6.10 Å². The van der Waals surface area contributed by atoms with Gasteiger partial charge in [-0.1, -0.05) is 17.7 Å². The first-order chi connectivity index (χ1) is 12.5. The number of benzene rings is 1. The van der Waals surface area contributed by atoms with Crippen molar-refractivity contribution in [2.24, 2.45) is 0 Å². The zero-order valence-electron chi connectivity index (χ0n) is 16.6. The molecule has 0 radical (unpaired) electrons. The third-order valence-electron chi connectivity index (χ3n) is 5.08. The van der Waals surface area contributed by atoms with Crippen LogP contribution in [0.5, 0.6) is 0 Å². The van der Waals surface area contributed by atoms with Gasteiger partial charge in [0, 0.05) is 38.6 Å². The van der Waals surface area contributed by atoms with Crippen molar-refractivity contribution < 1.29 is 4.74 Å². The highest BCUT2D eigenvalue weighted by Crippen LogP contribution is 2.24. The van der Waals surface area contributed by atoms with Gasteiger partial charge >= 0.3 is 0 Å². The molecule has 0 atom stereocenters. The maximum Gasteiger partial charge on any atom is 0.0719 e. The highest BCUT2D eigenvalue weighted by Gasteiger charge is 2.21. The van der Waals surface area contributed by atoms with E-state index < -0.39 is 0 Å². The van der Waals surface area contributed by atoms with Gasteiger partial charge < -0.3 is 9.64 Å². The van der Waals surface area contributed by atoms with Crippen molar-refractivity contribution >= 4 is 0 Å². The molecule has 0 aliphatic carbocycles. The van der Waals surface area contributed by atoms with Crippen LogP contribution in [0.4, 0.5) is 0 Å². The van der Waals surface area contributed by atoms with E-state index in [4.69, 9.17) is 4.74 Å². The molecule has 26 heavy (non-hydrogen) atoms. The van der Waals surface area contributed by atoms with Crippen molar-refractivity contribution in [3.8, 4) is 5.69 Å². The molecule has 5 heteroatoms. The average molecular weight is 357 g/mol. The molecule has 2 heterocycles. The number of rotatable bonds is 7. The van der Waals surface area contributed by atoms with Crippen LogP contribution in [0, 0.1) is 13.8 Å². The molecule has 0 N–H and O–H groups in total. The van der Waals surface area contributed by atoms with Gasteiger partial charge in [-0.05, 0) is 58.0 Å². The molecule has 0 bridgehead atoms. The molecule has 1 aromatic carbocycles. The molecular formula is C21H32N4O. The van der Waals surface area contributed by atoms with E-state index in [-0.39, 0.29) is 0 Å². The Hall–Kier alpha value is -1.69. The minimum Gasteiger partial charge on any atom is -0.377 e. The highest BCUT2D eigenvalue weighted by molar-refractivity contribution is 5.49. The average Bonchev–Trinajstić information content (AvgIpc) is 3.09. The molecule has 0 saturated carbocycles. The van der Waals surface area contributed by atoms with Crippen LogP contribution in [-0.2, 0) is 11.3 Å². The largest absolute Gasteiger partial charge is 0.377 e. The Balaban J connectivity index is 1.62. The first-order valence-electron chi connectivity index (χ1n) is 9.62. The van der Waals surface area contributed by atoms with Crippen molar-refractivity contribution in [1.82, 2.24) is 19.6 Å². The maximum absolute atomic E-state index is 6.03. The second kappa shape index (κ2) is 8.80. The number of hydrogen-bond acceptors (Lipinski definition) is 4. The Bertz CT molecular complexity index is 688. The van der Waals surface area contributed by atoms with Crippen LogP contribution in [0.25, 0.3) is 5.69 Å². The molecule has 5 nitrogen and oxygen atoms in total. The van der Waals surface area contributed by atoms with Crippen LogP contribution in [-0.4, -0.2) is 66.0 Å². The molecule has 0 spiro atoms. The molecule has 0 unspecified atom stereocenters. The summed E-state index contributed by atoms with van der Waals surface area (Å²) in [5.74, 6) is 0. The zero-order chi connectivity index (χ0) is 18.5. The van der Waals surface area contributed by atoms with Gasteiger partial charge in [-0.3, -0.25) is 4.90 Å². The molecule has 2 aromatic rings. The van der Waals surface area contributed by atoms with Gasteiger partial charge in [0.15, 0.2) is 0 Å². The first-order valence-corrected chi connectivity index (χ1v) is 9.62. The summed E-state index contributed by atoms with van der Waals surface area (Å²) in [6.07, 6.45) is 6.53. The smallest absolute Gasteiger partial charge is 0.0719 e. The summed E-state index contributed by atoms with van der Waals surface area (Å²) < 4.78 is 8.03. The van der Waals surface area contributed by atoms with Gasteiger partial charge in [-0.15, -0.1) is 0 Å². The lowest BCUT2D eigenvalue weighted by Crippen LogP contribution is -2.37. The summed E-state index contributed by atoms with van der Waals surface area (Å²) in [5.41, 5.74) is 5.18. The summed E-state index contributed by atoms with van der Waals surface area (Å²) in [6.45, 7) is 9.35. The van der Waals surface area contributed by atoms with Crippen molar-refractivity contribution in [2.75, 3.05) is 40.3 Å². The van der Waals surface area contributed by atoms with Crippen molar-refractivity contribution in [1.29, 1.82) is 0 Å². The fraction of sp³-hybridized carbons (Fsp3) is 0.571. The zero-order valence-corrected chi connectivity index (χ0v) is 16.6. The summed E-state index contributed by atoms with van der Waals surface area (Å²) in [5, 5.41) is 4.46. The van der Waals surface area contributed by atoms with Crippen LogP contribution in [0.15, 0.2) is 30.6 Å². The quantitative estimate of drug-likeness (QED) is 0.764. The Labute approximate surface area is 157 Å². The van der Waals surface area contributed by atoms with Gasteiger partial charge in [0.1, 0.15) is 0 Å². The normalized spacial score (nSPS) is 16.5. The van der Waals surface area contributed by atoms with Crippen LogP contribution in [0.3, 0.4) is 0 Å². The Morgan fingerprint density at radius 3 is 2.62 bits per heavy atom. The summed E-state index contributed by atoms with van der Waals surface area (Å²) >= 11 is 0.